The number of halogens is 1. The summed E-state index contributed by atoms with van der Waals surface area (Å²) in [5, 5.41) is 0. The number of hydrogen-bond acceptors (Lipinski definition) is 4. The lowest BCUT2D eigenvalue weighted by molar-refractivity contribution is 0.171. The van der Waals surface area contributed by atoms with Crippen molar-refractivity contribution >= 4 is 10.0 Å². The Balaban J connectivity index is 1.90. The summed E-state index contributed by atoms with van der Waals surface area (Å²) >= 11 is 0. The van der Waals surface area contributed by atoms with Crippen LogP contribution in [-0.4, -0.2) is 33.0 Å². The molecule has 0 bridgehead atoms. The molecule has 0 amide bonds. The van der Waals surface area contributed by atoms with Crippen LogP contribution in [0.25, 0.3) is 0 Å². The minimum atomic E-state index is -3.73. The first-order valence-electron chi connectivity index (χ1n) is 7.53. The fraction of sp³-hybridized carbons (Fsp3) is 0.294. The molecule has 7 heteroatoms. The summed E-state index contributed by atoms with van der Waals surface area (Å²) < 4.78 is 50.9. The van der Waals surface area contributed by atoms with E-state index >= 15 is 0 Å². The molecule has 1 atom stereocenters. The largest absolute Gasteiger partial charge is 0.486 e. The van der Waals surface area contributed by atoms with Crippen molar-refractivity contribution in [1.82, 2.24) is 4.31 Å². The highest BCUT2D eigenvalue weighted by molar-refractivity contribution is 7.89. The van der Waals surface area contributed by atoms with Crippen LogP contribution < -0.4 is 9.47 Å². The molecule has 0 saturated carbocycles. The van der Waals surface area contributed by atoms with Crippen LogP contribution in [0, 0.1) is 5.82 Å². The average molecular weight is 351 g/mol. The van der Waals surface area contributed by atoms with E-state index in [4.69, 9.17) is 9.47 Å². The van der Waals surface area contributed by atoms with Crippen LogP contribution in [0.15, 0.2) is 47.4 Å². The minimum Gasteiger partial charge on any atom is -0.486 e. The minimum absolute atomic E-state index is 0.128. The molecule has 0 N–H and O–H groups in total. The Kier molecular flexibility index (Phi) is 4.47. The lowest BCUT2D eigenvalue weighted by Crippen LogP contribution is -2.30. The normalized spacial score (nSPS) is 15.3. The van der Waals surface area contributed by atoms with E-state index in [1.807, 2.05) is 0 Å². The molecule has 1 heterocycles. The smallest absolute Gasteiger partial charge is 0.243 e. The van der Waals surface area contributed by atoms with Gasteiger partial charge in [0.2, 0.25) is 10.0 Å². The van der Waals surface area contributed by atoms with Gasteiger partial charge in [0.15, 0.2) is 11.5 Å². The van der Waals surface area contributed by atoms with Gasteiger partial charge in [0, 0.05) is 19.2 Å². The molecule has 0 fully saturated rings. The Hall–Kier alpha value is -2.12. The highest BCUT2D eigenvalue weighted by Gasteiger charge is 2.28. The third-order valence-electron chi connectivity index (χ3n) is 4.09. The Morgan fingerprint density at radius 3 is 2.33 bits per heavy atom. The van der Waals surface area contributed by atoms with E-state index in [1.165, 1.54) is 35.6 Å². The maximum atomic E-state index is 13.1. The van der Waals surface area contributed by atoms with Crippen LogP contribution in [0.5, 0.6) is 11.5 Å². The van der Waals surface area contributed by atoms with E-state index in [2.05, 4.69) is 0 Å². The summed E-state index contributed by atoms with van der Waals surface area (Å²) in [7, 11) is -2.23. The van der Waals surface area contributed by atoms with Gasteiger partial charge in [0.25, 0.3) is 0 Å². The number of rotatable bonds is 4. The van der Waals surface area contributed by atoms with Gasteiger partial charge in [-0.25, -0.2) is 12.8 Å². The van der Waals surface area contributed by atoms with E-state index in [9.17, 15) is 12.8 Å². The first kappa shape index (κ1) is 16.7. The molecule has 2 aromatic rings. The number of ether oxygens (including phenoxy) is 2. The van der Waals surface area contributed by atoms with Crippen LogP contribution in [0.2, 0.25) is 0 Å². The van der Waals surface area contributed by atoms with E-state index < -0.39 is 16.1 Å². The van der Waals surface area contributed by atoms with Gasteiger partial charge < -0.3 is 9.47 Å². The molecule has 24 heavy (non-hydrogen) atoms. The first-order valence-corrected chi connectivity index (χ1v) is 8.97. The zero-order valence-electron chi connectivity index (χ0n) is 13.4. The second-order valence-corrected chi connectivity index (χ2v) is 7.55. The average Bonchev–Trinajstić information content (AvgIpc) is 2.60. The maximum Gasteiger partial charge on any atom is 0.243 e. The van der Waals surface area contributed by atoms with Gasteiger partial charge >= 0.3 is 0 Å². The first-order chi connectivity index (χ1) is 11.4. The zero-order chi connectivity index (χ0) is 17.3. The van der Waals surface area contributed by atoms with E-state index in [-0.39, 0.29) is 10.7 Å². The Bertz CT molecular complexity index is 836. The highest BCUT2D eigenvalue weighted by atomic mass is 32.2. The van der Waals surface area contributed by atoms with E-state index in [1.54, 1.807) is 25.1 Å². The monoisotopic (exact) mass is 351 g/mol. The van der Waals surface area contributed by atoms with Crippen LogP contribution in [0.1, 0.15) is 18.5 Å². The van der Waals surface area contributed by atoms with Gasteiger partial charge in [-0.15, -0.1) is 0 Å². The molecular weight excluding hydrogens is 333 g/mol. The van der Waals surface area contributed by atoms with Gasteiger partial charge in [-0.3, -0.25) is 0 Å². The van der Waals surface area contributed by atoms with Gasteiger partial charge in [0.05, 0.1) is 4.90 Å². The Labute approximate surface area is 140 Å². The third-order valence-corrected chi connectivity index (χ3v) is 6.01. The number of benzene rings is 2. The fourth-order valence-corrected chi connectivity index (χ4v) is 3.88. The molecule has 5 nitrogen and oxygen atoms in total. The number of fused-ring (bicyclic) bond motifs is 1. The van der Waals surface area contributed by atoms with Crippen molar-refractivity contribution < 1.29 is 22.3 Å². The van der Waals surface area contributed by atoms with Crippen LogP contribution in [0.3, 0.4) is 0 Å². The zero-order valence-corrected chi connectivity index (χ0v) is 14.2. The van der Waals surface area contributed by atoms with Gasteiger partial charge in [0.1, 0.15) is 19.0 Å². The number of sulfonamides is 1. The summed E-state index contributed by atoms with van der Waals surface area (Å²) in [6.07, 6.45) is 0. The molecule has 3 rings (SSSR count). The Morgan fingerprint density at radius 2 is 1.67 bits per heavy atom. The second-order valence-electron chi connectivity index (χ2n) is 5.55. The predicted molar refractivity (Wildman–Crippen MR) is 87.2 cm³/mol. The van der Waals surface area contributed by atoms with Crippen LogP contribution in [-0.2, 0) is 10.0 Å². The van der Waals surface area contributed by atoms with Crippen molar-refractivity contribution in [1.29, 1.82) is 0 Å². The SMILES string of the molecule is CC(c1ccc(F)cc1)N(C)S(=O)(=O)c1ccc2c(c1)OCCO2. The second kappa shape index (κ2) is 6.41. The summed E-state index contributed by atoms with van der Waals surface area (Å²) in [5.74, 6) is 0.600. The summed E-state index contributed by atoms with van der Waals surface area (Å²) in [6.45, 7) is 2.59. The number of nitrogens with zero attached hydrogens (tertiary/aromatic N) is 1. The summed E-state index contributed by atoms with van der Waals surface area (Å²) in [5.41, 5.74) is 0.708. The third kappa shape index (κ3) is 3.09. The molecule has 0 radical (unpaired) electrons. The molecule has 0 aliphatic carbocycles. The Morgan fingerprint density at radius 1 is 1.04 bits per heavy atom. The number of hydrogen-bond donors (Lipinski definition) is 0. The van der Waals surface area contributed by atoms with Gasteiger partial charge in [-0.05, 0) is 36.8 Å². The molecule has 0 aromatic heterocycles. The van der Waals surface area contributed by atoms with Crippen molar-refractivity contribution in [3.8, 4) is 11.5 Å². The highest BCUT2D eigenvalue weighted by Crippen LogP contribution is 2.34. The van der Waals surface area contributed by atoms with Crippen LogP contribution >= 0.6 is 0 Å². The van der Waals surface area contributed by atoms with E-state index in [0.717, 1.165) is 0 Å². The standard InChI is InChI=1S/C17H18FNO4S/c1-12(13-3-5-14(18)6-4-13)19(2)24(20,21)15-7-8-16-17(11-15)23-10-9-22-16/h3-8,11-12H,9-10H2,1-2H3. The van der Waals surface area contributed by atoms with Crippen molar-refractivity contribution in [3.05, 3.63) is 53.8 Å². The van der Waals surface area contributed by atoms with Crippen LogP contribution in [0.4, 0.5) is 4.39 Å². The van der Waals surface area contributed by atoms with Crippen molar-refractivity contribution in [2.75, 3.05) is 20.3 Å². The molecule has 1 aliphatic rings. The van der Waals surface area contributed by atoms with Crippen molar-refractivity contribution in [3.63, 3.8) is 0 Å². The maximum absolute atomic E-state index is 13.1. The molecule has 0 spiro atoms. The quantitative estimate of drug-likeness (QED) is 0.850. The topological polar surface area (TPSA) is 55.8 Å². The predicted octanol–water partition coefficient (Wildman–Crippen LogP) is 2.98. The summed E-state index contributed by atoms with van der Waals surface area (Å²) in [6, 6.07) is 9.91. The molecule has 128 valence electrons. The molecule has 1 unspecified atom stereocenters. The molecule has 0 saturated heterocycles. The lowest BCUT2D eigenvalue weighted by Gasteiger charge is -2.25. The molecular formula is C17H18FNO4S. The summed E-state index contributed by atoms with van der Waals surface area (Å²) in [4.78, 5) is 0.128. The van der Waals surface area contributed by atoms with E-state index in [0.29, 0.717) is 30.3 Å². The lowest BCUT2D eigenvalue weighted by atomic mass is 10.1. The van der Waals surface area contributed by atoms with Crippen molar-refractivity contribution in [2.24, 2.45) is 0 Å². The van der Waals surface area contributed by atoms with Gasteiger partial charge in [-0.1, -0.05) is 12.1 Å². The molecule has 2 aromatic carbocycles. The van der Waals surface area contributed by atoms with Gasteiger partial charge in [-0.2, -0.15) is 4.31 Å². The van der Waals surface area contributed by atoms with Crippen molar-refractivity contribution in [2.45, 2.75) is 17.9 Å². The fourth-order valence-electron chi connectivity index (χ4n) is 2.51. The molecule has 1 aliphatic heterocycles.